The quantitative estimate of drug-likeness (QED) is 0.883. The van der Waals surface area contributed by atoms with Crippen molar-refractivity contribution in [1.29, 1.82) is 0 Å². The van der Waals surface area contributed by atoms with Gasteiger partial charge in [0.1, 0.15) is 23.5 Å². The minimum Gasteiger partial charge on any atom is -0.489 e. The summed E-state index contributed by atoms with van der Waals surface area (Å²) < 4.78 is 18.7. The lowest BCUT2D eigenvalue weighted by Crippen LogP contribution is -2.45. The molecule has 0 amide bonds. The molecular weight excluding hydrogens is 305 g/mol. The first-order chi connectivity index (χ1) is 11.7. The number of benzene rings is 1. The summed E-state index contributed by atoms with van der Waals surface area (Å²) in [6.45, 7) is 4.84. The van der Waals surface area contributed by atoms with Crippen molar-refractivity contribution in [2.24, 2.45) is 0 Å². The SMILES string of the molecule is C[C@H](CNC1CCN(c2ccccn2)CC1)Oc1ccc(F)cc1. The number of halogens is 1. The van der Waals surface area contributed by atoms with E-state index in [1.807, 2.05) is 25.3 Å². The van der Waals surface area contributed by atoms with E-state index in [4.69, 9.17) is 4.74 Å². The molecule has 0 radical (unpaired) electrons. The molecule has 1 N–H and O–H groups in total. The molecule has 5 heteroatoms. The molecule has 2 aromatic rings. The third-order valence-corrected chi connectivity index (χ3v) is 4.31. The Morgan fingerprint density at radius 1 is 1.21 bits per heavy atom. The van der Waals surface area contributed by atoms with Gasteiger partial charge < -0.3 is 15.0 Å². The van der Waals surface area contributed by atoms with E-state index in [1.165, 1.54) is 12.1 Å². The van der Waals surface area contributed by atoms with Crippen molar-refractivity contribution in [3.63, 3.8) is 0 Å². The molecule has 0 saturated carbocycles. The summed E-state index contributed by atoms with van der Waals surface area (Å²) in [6, 6.07) is 12.7. The van der Waals surface area contributed by atoms with E-state index in [0.717, 1.165) is 38.3 Å². The molecule has 1 aromatic carbocycles. The number of hydrogen-bond donors (Lipinski definition) is 1. The molecule has 2 heterocycles. The number of aromatic nitrogens is 1. The lowest BCUT2D eigenvalue weighted by atomic mass is 10.0. The minimum atomic E-state index is -0.243. The molecule has 1 aliphatic heterocycles. The maximum atomic E-state index is 12.9. The van der Waals surface area contributed by atoms with Gasteiger partial charge in [0.15, 0.2) is 0 Å². The Balaban J connectivity index is 1.39. The van der Waals surface area contributed by atoms with Crippen LogP contribution in [0.15, 0.2) is 48.7 Å². The second-order valence-corrected chi connectivity index (χ2v) is 6.24. The van der Waals surface area contributed by atoms with Gasteiger partial charge in [0.2, 0.25) is 0 Å². The van der Waals surface area contributed by atoms with Crippen LogP contribution in [0.5, 0.6) is 5.75 Å². The smallest absolute Gasteiger partial charge is 0.128 e. The Morgan fingerprint density at radius 2 is 1.96 bits per heavy atom. The third kappa shape index (κ3) is 4.68. The molecule has 0 unspecified atom stereocenters. The maximum absolute atomic E-state index is 12.9. The summed E-state index contributed by atoms with van der Waals surface area (Å²) in [7, 11) is 0. The van der Waals surface area contributed by atoms with Crippen molar-refractivity contribution in [1.82, 2.24) is 10.3 Å². The van der Waals surface area contributed by atoms with Gasteiger partial charge in [0, 0.05) is 31.9 Å². The lowest BCUT2D eigenvalue weighted by Gasteiger charge is -2.33. The van der Waals surface area contributed by atoms with Gasteiger partial charge in [0.25, 0.3) is 0 Å². The zero-order valence-electron chi connectivity index (χ0n) is 14.0. The predicted molar refractivity (Wildman–Crippen MR) is 94.0 cm³/mol. The fraction of sp³-hybridized carbons (Fsp3) is 0.421. The third-order valence-electron chi connectivity index (χ3n) is 4.31. The summed E-state index contributed by atoms with van der Waals surface area (Å²) in [4.78, 5) is 6.74. The van der Waals surface area contributed by atoms with Gasteiger partial charge in [-0.05, 0) is 56.2 Å². The second-order valence-electron chi connectivity index (χ2n) is 6.24. The molecule has 0 bridgehead atoms. The van der Waals surface area contributed by atoms with Crippen LogP contribution in [0.25, 0.3) is 0 Å². The number of pyridine rings is 1. The zero-order chi connectivity index (χ0) is 16.8. The largest absolute Gasteiger partial charge is 0.489 e. The van der Waals surface area contributed by atoms with Gasteiger partial charge >= 0.3 is 0 Å². The average molecular weight is 329 g/mol. The number of anilines is 1. The lowest BCUT2D eigenvalue weighted by molar-refractivity contribution is 0.207. The van der Waals surface area contributed by atoms with Crippen molar-refractivity contribution in [2.45, 2.75) is 31.9 Å². The Kier molecular flexibility index (Phi) is 5.64. The number of rotatable bonds is 6. The second kappa shape index (κ2) is 8.11. The topological polar surface area (TPSA) is 37.4 Å². The van der Waals surface area contributed by atoms with E-state index < -0.39 is 0 Å². The highest BCUT2D eigenvalue weighted by Crippen LogP contribution is 2.17. The van der Waals surface area contributed by atoms with Crippen molar-refractivity contribution in [3.8, 4) is 5.75 Å². The van der Waals surface area contributed by atoms with E-state index in [0.29, 0.717) is 11.8 Å². The van der Waals surface area contributed by atoms with E-state index in [2.05, 4.69) is 21.3 Å². The molecule has 1 saturated heterocycles. The van der Waals surface area contributed by atoms with Crippen molar-refractivity contribution >= 4 is 5.82 Å². The van der Waals surface area contributed by atoms with Crippen LogP contribution in [-0.2, 0) is 0 Å². The van der Waals surface area contributed by atoms with Gasteiger partial charge in [-0.3, -0.25) is 0 Å². The van der Waals surface area contributed by atoms with E-state index in [9.17, 15) is 4.39 Å². The number of nitrogens with one attached hydrogen (secondary N) is 1. The Morgan fingerprint density at radius 3 is 2.62 bits per heavy atom. The van der Waals surface area contributed by atoms with Crippen LogP contribution in [0.2, 0.25) is 0 Å². The Labute approximate surface area is 142 Å². The summed E-state index contributed by atoms with van der Waals surface area (Å²) in [5.41, 5.74) is 0. The van der Waals surface area contributed by atoms with E-state index in [-0.39, 0.29) is 11.9 Å². The summed E-state index contributed by atoms with van der Waals surface area (Å²) >= 11 is 0. The van der Waals surface area contributed by atoms with Crippen LogP contribution < -0.4 is 15.0 Å². The molecule has 0 aliphatic carbocycles. The van der Waals surface area contributed by atoms with Gasteiger partial charge in [-0.2, -0.15) is 0 Å². The van der Waals surface area contributed by atoms with Gasteiger partial charge in [-0.25, -0.2) is 9.37 Å². The molecule has 0 spiro atoms. The Hall–Kier alpha value is -2.14. The summed E-state index contributed by atoms with van der Waals surface area (Å²) in [6.07, 6.45) is 4.08. The highest BCUT2D eigenvalue weighted by molar-refractivity contribution is 5.38. The molecule has 1 aliphatic rings. The highest BCUT2D eigenvalue weighted by Gasteiger charge is 2.20. The van der Waals surface area contributed by atoms with Crippen LogP contribution in [0.1, 0.15) is 19.8 Å². The van der Waals surface area contributed by atoms with Gasteiger partial charge in [-0.15, -0.1) is 0 Å². The fourth-order valence-corrected chi connectivity index (χ4v) is 2.97. The molecular formula is C19H24FN3O. The van der Waals surface area contributed by atoms with E-state index >= 15 is 0 Å². The molecule has 1 atom stereocenters. The van der Waals surface area contributed by atoms with Crippen LogP contribution in [-0.4, -0.2) is 36.8 Å². The standard InChI is InChI=1S/C19H24FN3O/c1-15(24-18-7-5-16(20)6-8-18)14-22-17-9-12-23(13-10-17)19-4-2-3-11-21-19/h2-8,11,15,17,22H,9-10,12-14H2,1H3/t15-/m1/s1. The molecule has 3 rings (SSSR count). The summed E-state index contributed by atoms with van der Waals surface area (Å²) in [5.74, 6) is 1.52. The first kappa shape index (κ1) is 16.7. The summed E-state index contributed by atoms with van der Waals surface area (Å²) in [5, 5.41) is 3.58. The fourth-order valence-electron chi connectivity index (χ4n) is 2.97. The Bertz CT molecular complexity index is 612. The first-order valence-electron chi connectivity index (χ1n) is 8.52. The van der Waals surface area contributed by atoms with Crippen LogP contribution in [0.3, 0.4) is 0 Å². The molecule has 1 fully saturated rings. The van der Waals surface area contributed by atoms with Crippen LogP contribution in [0.4, 0.5) is 10.2 Å². The van der Waals surface area contributed by atoms with Crippen molar-refractivity contribution in [3.05, 3.63) is 54.5 Å². The van der Waals surface area contributed by atoms with Gasteiger partial charge in [0.05, 0.1) is 0 Å². The highest BCUT2D eigenvalue weighted by atomic mass is 19.1. The van der Waals surface area contributed by atoms with Crippen LogP contribution in [0, 0.1) is 5.82 Å². The average Bonchev–Trinajstić information content (AvgIpc) is 2.63. The van der Waals surface area contributed by atoms with Crippen molar-refractivity contribution in [2.75, 3.05) is 24.5 Å². The molecule has 24 heavy (non-hydrogen) atoms. The minimum absolute atomic E-state index is 0.0456. The van der Waals surface area contributed by atoms with Crippen molar-refractivity contribution < 1.29 is 9.13 Å². The molecule has 4 nitrogen and oxygen atoms in total. The monoisotopic (exact) mass is 329 g/mol. The zero-order valence-corrected chi connectivity index (χ0v) is 14.0. The van der Waals surface area contributed by atoms with Gasteiger partial charge in [-0.1, -0.05) is 6.07 Å². The predicted octanol–water partition coefficient (Wildman–Crippen LogP) is 3.25. The molecule has 128 valence electrons. The number of ether oxygens (including phenoxy) is 1. The first-order valence-corrected chi connectivity index (χ1v) is 8.52. The molecule has 1 aromatic heterocycles. The normalized spacial score (nSPS) is 16.8. The maximum Gasteiger partial charge on any atom is 0.128 e. The van der Waals surface area contributed by atoms with Crippen LogP contribution >= 0.6 is 0 Å². The number of piperidine rings is 1. The number of hydrogen-bond acceptors (Lipinski definition) is 4. The number of nitrogens with zero attached hydrogens (tertiary/aromatic N) is 2. The van der Waals surface area contributed by atoms with E-state index in [1.54, 1.807) is 12.1 Å².